The maximum absolute atomic E-state index is 12.2. The highest BCUT2D eigenvalue weighted by molar-refractivity contribution is 8.00. The van der Waals surface area contributed by atoms with Gasteiger partial charge in [-0.25, -0.2) is 0 Å². The first kappa shape index (κ1) is 12.0. The highest BCUT2D eigenvalue weighted by Crippen LogP contribution is 2.62. The van der Waals surface area contributed by atoms with E-state index in [0.717, 1.165) is 9.90 Å². The number of thiazole rings is 1. The SMILES string of the molecule is COC(=O)[C@H]1c2sc(=O)[nH]c2S[C@@H]2[C@@H]3CC[C@H](C3)[C@@H]21. The van der Waals surface area contributed by atoms with E-state index in [-0.39, 0.29) is 16.8 Å². The molecule has 4 nitrogen and oxygen atoms in total. The standard InChI is InChI=1S/C13H15NO3S2/c1-17-12(15)8-7-5-2-3-6(4-5)9(7)18-11-10(8)19-13(16)14-11/h5-9H,2-4H2,1H3,(H,14,16)/t5-,6-,7-,8-,9-/m1/s1. The molecule has 2 heterocycles. The Morgan fingerprint density at radius 2 is 2.16 bits per heavy atom. The highest BCUT2D eigenvalue weighted by Gasteiger charge is 2.56. The zero-order valence-electron chi connectivity index (χ0n) is 10.5. The number of H-pyrrole nitrogens is 1. The van der Waals surface area contributed by atoms with Crippen molar-refractivity contribution in [3.63, 3.8) is 0 Å². The second kappa shape index (κ2) is 4.12. The van der Waals surface area contributed by atoms with Gasteiger partial charge in [-0.05, 0) is 37.0 Å². The minimum Gasteiger partial charge on any atom is -0.469 e. The monoisotopic (exact) mass is 297 g/mol. The Morgan fingerprint density at radius 3 is 2.95 bits per heavy atom. The molecule has 2 aliphatic carbocycles. The van der Waals surface area contributed by atoms with E-state index in [4.69, 9.17) is 4.74 Å². The molecule has 0 saturated heterocycles. The third-order valence-corrected chi connectivity index (χ3v) is 7.54. The fraction of sp³-hybridized carbons (Fsp3) is 0.692. The van der Waals surface area contributed by atoms with E-state index in [1.807, 2.05) is 0 Å². The summed E-state index contributed by atoms with van der Waals surface area (Å²) in [6, 6.07) is 0. The van der Waals surface area contributed by atoms with Crippen LogP contribution >= 0.6 is 23.1 Å². The van der Waals surface area contributed by atoms with Gasteiger partial charge >= 0.3 is 10.8 Å². The van der Waals surface area contributed by atoms with E-state index in [1.165, 1.54) is 37.7 Å². The van der Waals surface area contributed by atoms with Crippen molar-refractivity contribution in [2.24, 2.45) is 17.8 Å². The van der Waals surface area contributed by atoms with Gasteiger partial charge < -0.3 is 9.72 Å². The summed E-state index contributed by atoms with van der Waals surface area (Å²) in [6.07, 6.45) is 3.75. The molecule has 102 valence electrons. The summed E-state index contributed by atoms with van der Waals surface area (Å²) in [7, 11) is 1.45. The highest BCUT2D eigenvalue weighted by atomic mass is 32.2. The molecule has 5 atom stereocenters. The van der Waals surface area contributed by atoms with Crippen molar-refractivity contribution in [1.29, 1.82) is 0 Å². The minimum atomic E-state index is -0.217. The minimum absolute atomic E-state index is 0.0567. The number of aromatic nitrogens is 1. The van der Waals surface area contributed by atoms with Crippen molar-refractivity contribution in [2.45, 2.75) is 35.5 Å². The van der Waals surface area contributed by atoms with Gasteiger partial charge in [0.05, 0.1) is 22.9 Å². The Morgan fingerprint density at radius 1 is 1.37 bits per heavy atom. The number of ether oxygens (including phenoxy) is 1. The third-order valence-electron chi connectivity index (χ3n) is 4.92. The fourth-order valence-corrected chi connectivity index (χ4v) is 7.09. The van der Waals surface area contributed by atoms with Crippen molar-refractivity contribution in [3.8, 4) is 0 Å². The number of hydrogen-bond donors (Lipinski definition) is 1. The summed E-state index contributed by atoms with van der Waals surface area (Å²) in [5.74, 6) is 1.33. The molecule has 2 saturated carbocycles. The Labute approximate surface area is 118 Å². The quantitative estimate of drug-likeness (QED) is 0.807. The van der Waals surface area contributed by atoms with Crippen molar-refractivity contribution in [2.75, 3.05) is 7.11 Å². The van der Waals surface area contributed by atoms with Gasteiger partial charge in [0.25, 0.3) is 0 Å². The number of rotatable bonds is 1. The first-order valence-electron chi connectivity index (χ1n) is 6.66. The van der Waals surface area contributed by atoms with Gasteiger partial charge in [-0.15, -0.1) is 11.8 Å². The predicted octanol–water partition coefficient (Wildman–Crippen LogP) is 2.21. The van der Waals surface area contributed by atoms with Crippen LogP contribution in [-0.4, -0.2) is 23.3 Å². The van der Waals surface area contributed by atoms with Crippen LogP contribution in [0.5, 0.6) is 0 Å². The summed E-state index contributed by atoms with van der Waals surface area (Å²) in [5.41, 5.74) is 0. The van der Waals surface area contributed by atoms with Gasteiger partial charge in [0, 0.05) is 5.25 Å². The van der Waals surface area contributed by atoms with Crippen LogP contribution in [0.1, 0.15) is 30.1 Å². The summed E-state index contributed by atoms with van der Waals surface area (Å²) in [4.78, 5) is 27.6. The number of esters is 1. The molecule has 0 aromatic carbocycles. The van der Waals surface area contributed by atoms with Crippen LogP contribution in [0.2, 0.25) is 0 Å². The lowest BCUT2D eigenvalue weighted by Crippen LogP contribution is -2.37. The van der Waals surface area contributed by atoms with E-state index in [9.17, 15) is 9.59 Å². The Hall–Kier alpha value is -0.750. The summed E-state index contributed by atoms with van der Waals surface area (Å²) < 4.78 is 5.01. The Balaban J connectivity index is 1.84. The molecular formula is C13H15NO3S2. The first-order valence-corrected chi connectivity index (χ1v) is 8.36. The summed E-state index contributed by atoms with van der Waals surface area (Å²) >= 11 is 2.98. The van der Waals surface area contributed by atoms with Crippen LogP contribution in [0.4, 0.5) is 0 Å². The van der Waals surface area contributed by atoms with Crippen molar-refractivity contribution >= 4 is 29.1 Å². The molecule has 1 aromatic heterocycles. The van der Waals surface area contributed by atoms with Gasteiger partial charge in [0.2, 0.25) is 0 Å². The lowest BCUT2D eigenvalue weighted by Gasteiger charge is -2.38. The average Bonchev–Trinajstić information content (AvgIpc) is 3.07. The molecule has 1 N–H and O–H groups in total. The van der Waals surface area contributed by atoms with Crippen LogP contribution in [0.15, 0.2) is 9.82 Å². The third kappa shape index (κ3) is 1.59. The number of carbonyl (C=O) groups is 1. The Bertz CT molecular complexity index is 593. The number of methoxy groups -OCH3 is 1. The average molecular weight is 297 g/mol. The maximum Gasteiger partial charge on any atom is 0.314 e. The van der Waals surface area contributed by atoms with E-state index in [0.29, 0.717) is 23.0 Å². The molecular weight excluding hydrogens is 282 g/mol. The lowest BCUT2D eigenvalue weighted by atomic mass is 9.78. The molecule has 2 bridgehead atoms. The van der Waals surface area contributed by atoms with Gasteiger partial charge in [-0.2, -0.15) is 0 Å². The molecule has 0 spiro atoms. The molecule has 1 aliphatic heterocycles. The van der Waals surface area contributed by atoms with Crippen molar-refractivity contribution in [3.05, 3.63) is 14.5 Å². The van der Waals surface area contributed by atoms with Crippen LogP contribution in [0, 0.1) is 17.8 Å². The number of thioether (sulfide) groups is 1. The molecule has 1 aromatic rings. The second-order valence-electron chi connectivity index (χ2n) is 5.70. The number of aromatic amines is 1. The van der Waals surface area contributed by atoms with Crippen LogP contribution in [0.25, 0.3) is 0 Å². The zero-order valence-corrected chi connectivity index (χ0v) is 12.2. The molecule has 0 radical (unpaired) electrons. The second-order valence-corrected chi connectivity index (χ2v) is 7.90. The number of carbonyl (C=O) groups excluding carboxylic acids is 1. The fourth-order valence-electron chi connectivity index (χ4n) is 4.24. The predicted molar refractivity (Wildman–Crippen MR) is 73.7 cm³/mol. The number of fused-ring (bicyclic) bond motifs is 6. The van der Waals surface area contributed by atoms with Gasteiger partial charge in [0.15, 0.2) is 0 Å². The molecule has 0 amide bonds. The van der Waals surface area contributed by atoms with E-state index in [2.05, 4.69) is 4.98 Å². The topological polar surface area (TPSA) is 59.2 Å². The molecule has 3 aliphatic rings. The summed E-state index contributed by atoms with van der Waals surface area (Å²) in [6.45, 7) is 0. The van der Waals surface area contributed by atoms with Gasteiger partial charge in [-0.1, -0.05) is 11.3 Å². The molecule has 4 rings (SSSR count). The molecule has 6 heteroatoms. The zero-order chi connectivity index (χ0) is 13.1. The maximum atomic E-state index is 12.2. The number of nitrogens with one attached hydrogen (secondary N) is 1. The lowest BCUT2D eigenvalue weighted by molar-refractivity contribution is -0.144. The molecule has 0 unspecified atom stereocenters. The number of hydrogen-bond acceptors (Lipinski definition) is 5. The van der Waals surface area contributed by atoms with Crippen LogP contribution in [-0.2, 0) is 9.53 Å². The van der Waals surface area contributed by atoms with Gasteiger partial charge in [0.1, 0.15) is 0 Å². The van der Waals surface area contributed by atoms with E-state index in [1.54, 1.807) is 11.8 Å². The molecule has 2 fully saturated rings. The molecule has 19 heavy (non-hydrogen) atoms. The van der Waals surface area contributed by atoms with Crippen LogP contribution < -0.4 is 4.87 Å². The summed E-state index contributed by atoms with van der Waals surface area (Å²) in [5, 5.41) is 1.40. The first-order chi connectivity index (χ1) is 9.19. The largest absolute Gasteiger partial charge is 0.469 e. The van der Waals surface area contributed by atoms with Crippen molar-refractivity contribution in [1.82, 2.24) is 4.98 Å². The smallest absolute Gasteiger partial charge is 0.314 e. The Kier molecular flexibility index (Phi) is 2.61. The normalized spacial score (nSPS) is 38.9. The van der Waals surface area contributed by atoms with E-state index >= 15 is 0 Å². The van der Waals surface area contributed by atoms with Gasteiger partial charge in [-0.3, -0.25) is 9.59 Å². The van der Waals surface area contributed by atoms with Crippen LogP contribution in [0.3, 0.4) is 0 Å². The van der Waals surface area contributed by atoms with E-state index < -0.39 is 0 Å². The van der Waals surface area contributed by atoms with Crippen molar-refractivity contribution < 1.29 is 9.53 Å².